The number of aliphatic carboxylic acids is 1. The van der Waals surface area contributed by atoms with Crippen molar-refractivity contribution in [2.45, 2.75) is 46.8 Å². The van der Waals surface area contributed by atoms with Gasteiger partial charge in [-0.25, -0.2) is 0 Å². The van der Waals surface area contributed by atoms with Crippen LogP contribution < -0.4 is 0 Å². The van der Waals surface area contributed by atoms with Crippen LogP contribution in [0.5, 0.6) is 0 Å². The van der Waals surface area contributed by atoms with Crippen LogP contribution in [0.1, 0.15) is 46.3 Å². The maximum Gasteiger partial charge on any atom is 0.308 e. The average Bonchev–Trinajstić information content (AvgIpc) is 2.37. The van der Waals surface area contributed by atoms with Crippen LogP contribution in [0.3, 0.4) is 0 Å². The Labute approximate surface area is 121 Å². The van der Waals surface area contributed by atoms with Crippen molar-refractivity contribution in [2.75, 3.05) is 0 Å². The summed E-state index contributed by atoms with van der Waals surface area (Å²) in [5.41, 5.74) is 0.274. The molecular formula is C16H26O4. The third-order valence-corrected chi connectivity index (χ3v) is 3.04. The fourth-order valence-electron chi connectivity index (χ4n) is 1.22. The topological polar surface area (TPSA) is 77.8 Å². The molecule has 0 saturated heterocycles. The van der Waals surface area contributed by atoms with Gasteiger partial charge in [-0.3, -0.25) is 4.79 Å². The molecule has 0 saturated carbocycles. The number of aliphatic hydroxyl groups is 2. The number of carboxylic acid groups (broad SMARTS) is 1. The maximum atomic E-state index is 10.0. The third kappa shape index (κ3) is 6.68. The Morgan fingerprint density at radius 3 is 1.75 bits per heavy atom. The minimum Gasteiger partial charge on any atom is -0.481 e. The number of carbonyl (C=O) groups is 1. The molecule has 0 aliphatic carbocycles. The second kappa shape index (κ2) is 8.02. The van der Waals surface area contributed by atoms with Crippen molar-refractivity contribution in [2.24, 2.45) is 11.3 Å². The summed E-state index contributed by atoms with van der Waals surface area (Å²) < 4.78 is 0. The van der Waals surface area contributed by atoms with Gasteiger partial charge in [0.25, 0.3) is 0 Å². The highest BCUT2D eigenvalue weighted by Crippen LogP contribution is 2.23. The molecule has 1 rings (SSSR count). The SMILES string of the molecule is CC(C)(C)C(=O)O.CC(O)C(C)C(O)c1ccccc1. The van der Waals surface area contributed by atoms with E-state index >= 15 is 0 Å². The highest BCUT2D eigenvalue weighted by atomic mass is 16.4. The molecule has 0 aliphatic heterocycles. The Balaban J connectivity index is 0.000000441. The lowest BCUT2D eigenvalue weighted by atomic mass is 9.93. The average molecular weight is 282 g/mol. The first-order chi connectivity index (χ1) is 9.07. The second-order valence-corrected chi connectivity index (χ2v) is 6.01. The van der Waals surface area contributed by atoms with Crippen LogP contribution in [-0.2, 0) is 4.79 Å². The van der Waals surface area contributed by atoms with Gasteiger partial charge >= 0.3 is 5.97 Å². The van der Waals surface area contributed by atoms with Crippen LogP contribution in [0.4, 0.5) is 0 Å². The summed E-state index contributed by atoms with van der Waals surface area (Å²) in [6, 6.07) is 9.40. The minimum absolute atomic E-state index is 0.137. The highest BCUT2D eigenvalue weighted by Gasteiger charge is 2.20. The molecule has 0 aliphatic rings. The molecule has 20 heavy (non-hydrogen) atoms. The van der Waals surface area contributed by atoms with E-state index in [9.17, 15) is 15.0 Å². The number of aliphatic hydroxyl groups excluding tert-OH is 2. The molecule has 0 radical (unpaired) electrons. The molecule has 3 atom stereocenters. The van der Waals surface area contributed by atoms with E-state index in [0.717, 1.165) is 5.56 Å². The number of hydrogen-bond donors (Lipinski definition) is 3. The van der Waals surface area contributed by atoms with Gasteiger partial charge in [-0.05, 0) is 33.3 Å². The Bertz CT molecular complexity index is 393. The van der Waals surface area contributed by atoms with E-state index in [-0.39, 0.29) is 5.92 Å². The van der Waals surface area contributed by atoms with Crippen molar-refractivity contribution in [1.29, 1.82) is 0 Å². The zero-order chi connectivity index (χ0) is 15.9. The minimum atomic E-state index is -0.757. The zero-order valence-electron chi connectivity index (χ0n) is 12.9. The zero-order valence-corrected chi connectivity index (χ0v) is 12.9. The Morgan fingerprint density at radius 1 is 1.05 bits per heavy atom. The van der Waals surface area contributed by atoms with Crippen LogP contribution >= 0.6 is 0 Å². The fourth-order valence-corrected chi connectivity index (χ4v) is 1.22. The van der Waals surface area contributed by atoms with Gasteiger partial charge in [-0.15, -0.1) is 0 Å². The normalized spacial score (nSPS) is 15.6. The summed E-state index contributed by atoms with van der Waals surface area (Å²) in [5.74, 6) is -0.894. The van der Waals surface area contributed by atoms with Crippen LogP contribution in [0.25, 0.3) is 0 Å². The standard InChI is InChI=1S/C11H16O2.C5H10O2/c1-8(9(2)12)11(13)10-6-4-3-5-7-10;1-5(2,3)4(6)7/h3-9,11-13H,1-2H3;1-3H3,(H,6,7). The molecule has 4 heteroatoms. The molecule has 0 bridgehead atoms. The smallest absolute Gasteiger partial charge is 0.308 e. The third-order valence-electron chi connectivity index (χ3n) is 3.04. The lowest BCUT2D eigenvalue weighted by molar-refractivity contribution is -0.145. The van der Waals surface area contributed by atoms with Gasteiger partial charge in [0.2, 0.25) is 0 Å². The van der Waals surface area contributed by atoms with E-state index in [2.05, 4.69) is 0 Å². The van der Waals surface area contributed by atoms with Crippen molar-refractivity contribution in [1.82, 2.24) is 0 Å². The summed E-state index contributed by atoms with van der Waals surface area (Å²) in [6.45, 7) is 8.51. The number of benzene rings is 1. The number of carboxylic acids is 1. The molecule has 0 amide bonds. The number of hydrogen-bond acceptors (Lipinski definition) is 3. The van der Waals surface area contributed by atoms with E-state index in [1.807, 2.05) is 37.3 Å². The molecule has 3 N–H and O–H groups in total. The van der Waals surface area contributed by atoms with Gasteiger partial charge in [0.1, 0.15) is 0 Å². The second-order valence-electron chi connectivity index (χ2n) is 6.01. The van der Waals surface area contributed by atoms with E-state index in [4.69, 9.17) is 5.11 Å². The first-order valence-electron chi connectivity index (χ1n) is 6.71. The van der Waals surface area contributed by atoms with Gasteiger partial charge in [-0.2, -0.15) is 0 Å². The molecule has 0 aromatic heterocycles. The van der Waals surface area contributed by atoms with Gasteiger partial charge in [0.05, 0.1) is 17.6 Å². The summed E-state index contributed by atoms with van der Waals surface area (Å²) in [6.07, 6.45) is -1.07. The summed E-state index contributed by atoms with van der Waals surface area (Å²) >= 11 is 0. The number of rotatable bonds is 3. The maximum absolute atomic E-state index is 10.0. The summed E-state index contributed by atoms with van der Waals surface area (Å²) in [7, 11) is 0. The monoisotopic (exact) mass is 282 g/mol. The van der Waals surface area contributed by atoms with Crippen LogP contribution in [0.15, 0.2) is 30.3 Å². The molecule has 1 aromatic carbocycles. The van der Waals surface area contributed by atoms with E-state index < -0.39 is 23.6 Å². The lowest BCUT2D eigenvalue weighted by Crippen LogP contribution is -2.20. The van der Waals surface area contributed by atoms with Gasteiger partial charge in [0.15, 0.2) is 0 Å². The molecule has 3 unspecified atom stereocenters. The Hall–Kier alpha value is -1.39. The van der Waals surface area contributed by atoms with Crippen LogP contribution in [0, 0.1) is 11.3 Å². The van der Waals surface area contributed by atoms with Gasteiger partial charge in [0, 0.05) is 5.92 Å². The van der Waals surface area contributed by atoms with Gasteiger partial charge in [-0.1, -0.05) is 37.3 Å². The van der Waals surface area contributed by atoms with Crippen LogP contribution in [-0.4, -0.2) is 27.4 Å². The van der Waals surface area contributed by atoms with E-state index in [0.29, 0.717) is 0 Å². The molecule has 1 aromatic rings. The highest BCUT2D eigenvalue weighted by molar-refractivity contribution is 5.72. The van der Waals surface area contributed by atoms with E-state index in [1.54, 1.807) is 27.7 Å². The van der Waals surface area contributed by atoms with Crippen LogP contribution in [0.2, 0.25) is 0 Å². The molecular weight excluding hydrogens is 256 g/mol. The first-order valence-corrected chi connectivity index (χ1v) is 6.71. The Kier molecular flexibility index (Phi) is 7.46. The molecule has 4 nitrogen and oxygen atoms in total. The van der Waals surface area contributed by atoms with Crippen molar-refractivity contribution in [3.05, 3.63) is 35.9 Å². The Morgan fingerprint density at radius 2 is 1.45 bits per heavy atom. The van der Waals surface area contributed by atoms with Crippen molar-refractivity contribution in [3.8, 4) is 0 Å². The lowest BCUT2D eigenvalue weighted by Gasteiger charge is -2.21. The summed E-state index contributed by atoms with van der Waals surface area (Å²) in [4.78, 5) is 10.0. The molecule has 0 heterocycles. The van der Waals surface area contributed by atoms with E-state index in [1.165, 1.54) is 0 Å². The molecule has 0 fully saturated rings. The largest absolute Gasteiger partial charge is 0.481 e. The molecule has 114 valence electrons. The van der Waals surface area contributed by atoms with Crippen molar-refractivity contribution >= 4 is 5.97 Å². The van der Waals surface area contributed by atoms with Crippen molar-refractivity contribution < 1.29 is 20.1 Å². The quantitative estimate of drug-likeness (QED) is 0.796. The fraction of sp³-hybridized carbons (Fsp3) is 0.562. The van der Waals surface area contributed by atoms with Crippen molar-refractivity contribution in [3.63, 3.8) is 0 Å². The predicted molar refractivity (Wildman–Crippen MR) is 79.3 cm³/mol. The predicted octanol–water partition coefficient (Wildman–Crippen LogP) is 2.85. The molecule has 0 spiro atoms. The van der Waals surface area contributed by atoms with Gasteiger partial charge < -0.3 is 15.3 Å². The first kappa shape index (κ1) is 18.6. The summed E-state index contributed by atoms with van der Waals surface area (Å²) in [5, 5.41) is 27.3.